The zero-order valence-electron chi connectivity index (χ0n) is 8.96. The molecule has 1 fully saturated rings. The van der Waals surface area contributed by atoms with E-state index < -0.39 is 5.92 Å². The fourth-order valence-electron chi connectivity index (χ4n) is 2.23. The van der Waals surface area contributed by atoms with E-state index in [4.69, 9.17) is 10.5 Å². The molecule has 74 valence electrons. The number of nitriles is 2. The van der Waals surface area contributed by atoms with E-state index in [-0.39, 0.29) is 22.5 Å². The van der Waals surface area contributed by atoms with Gasteiger partial charge >= 0.3 is 0 Å². The Labute approximate surface area is 84.3 Å². The van der Waals surface area contributed by atoms with Crippen LogP contribution in [0.25, 0.3) is 0 Å². The second kappa shape index (κ2) is 2.82. The first kappa shape index (κ1) is 10.7. The summed E-state index contributed by atoms with van der Waals surface area (Å²) in [6.07, 6.45) is 0. The van der Waals surface area contributed by atoms with Crippen molar-refractivity contribution >= 4 is 5.78 Å². The summed E-state index contributed by atoms with van der Waals surface area (Å²) in [5, 5.41) is 17.2. The lowest BCUT2D eigenvalue weighted by Gasteiger charge is -2.03. The molecule has 0 aliphatic heterocycles. The predicted octanol–water partition coefficient (Wildman–Crippen LogP) is 1.90. The standard InChI is InChI=1S/C11H14N2O/c1-10(2)9(11(10,3)4)8(14)7(5-12)6-13/h7,9H,1-4H3. The third-order valence-corrected chi connectivity index (χ3v) is 3.85. The SMILES string of the molecule is CC1(C)C(C(=O)C(C#N)C#N)C1(C)C. The number of nitrogens with zero attached hydrogens (tertiary/aromatic N) is 2. The van der Waals surface area contributed by atoms with E-state index in [0.717, 1.165) is 0 Å². The molecule has 1 rings (SSSR count). The van der Waals surface area contributed by atoms with Crippen molar-refractivity contribution in [1.29, 1.82) is 10.5 Å². The Morgan fingerprint density at radius 3 is 1.71 bits per heavy atom. The van der Waals surface area contributed by atoms with Crippen molar-refractivity contribution < 1.29 is 4.79 Å². The van der Waals surface area contributed by atoms with Crippen molar-refractivity contribution in [1.82, 2.24) is 0 Å². The van der Waals surface area contributed by atoms with Crippen molar-refractivity contribution in [2.24, 2.45) is 22.7 Å². The van der Waals surface area contributed by atoms with E-state index in [1.165, 1.54) is 0 Å². The molecule has 1 aliphatic rings. The maximum atomic E-state index is 11.8. The molecule has 0 spiro atoms. The highest BCUT2D eigenvalue weighted by molar-refractivity contribution is 5.92. The van der Waals surface area contributed by atoms with E-state index in [9.17, 15) is 4.79 Å². The topological polar surface area (TPSA) is 64.7 Å². The van der Waals surface area contributed by atoms with Crippen LogP contribution >= 0.6 is 0 Å². The van der Waals surface area contributed by atoms with E-state index in [0.29, 0.717) is 0 Å². The Morgan fingerprint density at radius 1 is 1.14 bits per heavy atom. The number of rotatable bonds is 2. The summed E-state index contributed by atoms with van der Waals surface area (Å²) in [6, 6.07) is 3.48. The molecule has 3 heteroatoms. The number of hydrogen-bond donors (Lipinski definition) is 0. The van der Waals surface area contributed by atoms with Crippen LogP contribution in [0, 0.1) is 45.3 Å². The molecule has 0 N–H and O–H groups in total. The number of Topliss-reactive ketones (excluding diaryl/α,β-unsaturated/α-hetero) is 1. The minimum Gasteiger partial charge on any atom is -0.297 e. The summed E-state index contributed by atoms with van der Waals surface area (Å²) >= 11 is 0. The largest absolute Gasteiger partial charge is 0.297 e. The average molecular weight is 190 g/mol. The fraction of sp³-hybridized carbons (Fsp3) is 0.727. The first-order chi connectivity index (χ1) is 6.30. The number of carbonyl (C=O) groups is 1. The summed E-state index contributed by atoms with van der Waals surface area (Å²) < 4.78 is 0. The van der Waals surface area contributed by atoms with Gasteiger partial charge in [-0.1, -0.05) is 27.7 Å². The first-order valence-electron chi connectivity index (χ1n) is 4.63. The van der Waals surface area contributed by atoms with Gasteiger partial charge in [0.25, 0.3) is 0 Å². The van der Waals surface area contributed by atoms with Crippen LogP contribution in [0.5, 0.6) is 0 Å². The summed E-state index contributed by atoms with van der Waals surface area (Å²) in [7, 11) is 0. The maximum Gasteiger partial charge on any atom is 0.191 e. The smallest absolute Gasteiger partial charge is 0.191 e. The van der Waals surface area contributed by atoms with Gasteiger partial charge in [-0.05, 0) is 10.8 Å². The van der Waals surface area contributed by atoms with E-state index in [1.54, 1.807) is 12.1 Å². The summed E-state index contributed by atoms with van der Waals surface area (Å²) in [5.74, 6) is -1.47. The Kier molecular flexibility index (Phi) is 2.16. The van der Waals surface area contributed by atoms with Gasteiger partial charge in [0.05, 0.1) is 12.1 Å². The Hall–Kier alpha value is -1.35. The Morgan fingerprint density at radius 2 is 1.50 bits per heavy atom. The van der Waals surface area contributed by atoms with Crippen molar-refractivity contribution in [2.75, 3.05) is 0 Å². The highest BCUT2D eigenvalue weighted by Crippen LogP contribution is 2.69. The molecule has 0 unspecified atom stereocenters. The molecular formula is C11H14N2O. The van der Waals surface area contributed by atoms with Gasteiger partial charge in [0.15, 0.2) is 11.7 Å². The van der Waals surface area contributed by atoms with Crippen molar-refractivity contribution in [2.45, 2.75) is 27.7 Å². The second-order valence-corrected chi connectivity index (χ2v) is 4.97. The van der Waals surface area contributed by atoms with Gasteiger partial charge in [-0.25, -0.2) is 0 Å². The average Bonchev–Trinajstić information content (AvgIpc) is 2.44. The zero-order chi connectivity index (χ0) is 11.1. The van der Waals surface area contributed by atoms with Crippen LogP contribution < -0.4 is 0 Å². The van der Waals surface area contributed by atoms with Crippen LogP contribution in [-0.2, 0) is 4.79 Å². The molecule has 0 atom stereocenters. The van der Waals surface area contributed by atoms with Crippen LogP contribution in [0.15, 0.2) is 0 Å². The van der Waals surface area contributed by atoms with Gasteiger partial charge in [-0.2, -0.15) is 10.5 Å². The monoisotopic (exact) mass is 190 g/mol. The van der Waals surface area contributed by atoms with Crippen molar-refractivity contribution in [3.05, 3.63) is 0 Å². The molecule has 3 nitrogen and oxygen atoms in total. The molecule has 0 heterocycles. The summed E-state index contributed by atoms with van der Waals surface area (Å²) in [6.45, 7) is 8.01. The zero-order valence-corrected chi connectivity index (χ0v) is 8.96. The number of carbonyl (C=O) groups excluding carboxylic acids is 1. The van der Waals surface area contributed by atoms with Crippen LogP contribution in [0.2, 0.25) is 0 Å². The molecule has 0 radical (unpaired) electrons. The molecule has 0 aromatic carbocycles. The highest BCUT2D eigenvalue weighted by Gasteiger charge is 2.68. The van der Waals surface area contributed by atoms with Gasteiger partial charge in [-0.3, -0.25) is 4.79 Å². The molecule has 0 saturated heterocycles. The molecule has 1 saturated carbocycles. The van der Waals surface area contributed by atoms with E-state index >= 15 is 0 Å². The molecular weight excluding hydrogens is 176 g/mol. The van der Waals surface area contributed by atoms with Gasteiger partial charge in [-0.15, -0.1) is 0 Å². The van der Waals surface area contributed by atoms with Crippen molar-refractivity contribution in [3.63, 3.8) is 0 Å². The lowest BCUT2D eigenvalue weighted by Crippen LogP contribution is -2.16. The lowest BCUT2D eigenvalue weighted by molar-refractivity contribution is -0.122. The molecule has 0 aromatic rings. The quantitative estimate of drug-likeness (QED) is 0.668. The normalized spacial score (nSPS) is 22.5. The molecule has 14 heavy (non-hydrogen) atoms. The van der Waals surface area contributed by atoms with E-state index in [2.05, 4.69) is 0 Å². The lowest BCUT2D eigenvalue weighted by atomic mass is 9.98. The van der Waals surface area contributed by atoms with Gasteiger partial charge < -0.3 is 0 Å². The highest BCUT2D eigenvalue weighted by atomic mass is 16.1. The van der Waals surface area contributed by atoms with Crippen LogP contribution in [-0.4, -0.2) is 5.78 Å². The number of hydrogen-bond acceptors (Lipinski definition) is 3. The van der Waals surface area contributed by atoms with Crippen molar-refractivity contribution in [3.8, 4) is 12.1 Å². The maximum absolute atomic E-state index is 11.8. The Bertz CT molecular complexity index is 326. The third kappa shape index (κ3) is 1.13. The fourth-order valence-corrected chi connectivity index (χ4v) is 2.23. The molecule has 0 amide bonds. The van der Waals surface area contributed by atoms with Gasteiger partial charge in [0.2, 0.25) is 0 Å². The van der Waals surface area contributed by atoms with Gasteiger partial charge in [0, 0.05) is 5.92 Å². The van der Waals surface area contributed by atoms with Gasteiger partial charge in [0.1, 0.15) is 0 Å². The second-order valence-electron chi connectivity index (χ2n) is 4.97. The Balaban J connectivity index is 2.88. The minimum absolute atomic E-state index is 0.0873. The van der Waals surface area contributed by atoms with Crippen LogP contribution in [0.3, 0.4) is 0 Å². The summed E-state index contributed by atoms with van der Waals surface area (Å²) in [5.41, 5.74) is -0.175. The third-order valence-electron chi connectivity index (χ3n) is 3.85. The van der Waals surface area contributed by atoms with Crippen LogP contribution in [0.1, 0.15) is 27.7 Å². The molecule has 0 bridgehead atoms. The summed E-state index contributed by atoms with van der Waals surface area (Å²) in [4.78, 5) is 11.8. The van der Waals surface area contributed by atoms with Crippen LogP contribution in [0.4, 0.5) is 0 Å². The minimum atomic E-state index is -1.10. The predicted molar refractivity (Wildman–Crippen MR) is 50.8 cm³/mol. The molecule has 0 aromatic heterocycles. The first-order valence-corrected chi connectivity index (χ1v) is 4.63. The molecule has 1 aliphatic carbocycles. The number of ketones is 1. The van der Waals surface area contributed by atoms with E-state index in [1.807, 2.05) is 27.7 Å².